The van der Waals surface area contributed by atoms with Gasteiger partial charge in [-0.25, -0.2) is 4.98 Å². The smallest absolute Gasteiger partial charge is 0.257 e. The van der Waals surface area contributed by atoms with Crippen molar-refractivity contribution in [2.24, 2.45) is 5.73 Å². The van der Waals surface area contributed by atoms with E-state index in [0.717, 1.165) is 0 Å². The first kappa shape index (κ1) is 13.5. The average Bonchev–Trinajstić information content (AvgIpc) is 2.45. The van der Waals surface area contributed by atoms with Crippen LogP contribution in [0.4, 0.5) is 5.82 Å². The summed E-state index contributed by atoms with van der Waals surface area (Å²) >= 11 is 0. The fourth-order valence-electron chi connectivity index (χ4n) is 1.49. The van der Waals surface area contributed by atoms with E-state index < -0.39 is 5.91 Å². The molecule has 2 rings (SSSR count). The van der Waals surface area contributed by atoms with Crippen molar-refractivity contribution in [3.05, 3.63) is 58.1 Å². The SMILES string of the molecule is NCC#Cc1cccc(NC(=O)c2cc[nH]c(=O)c2)n1. The zero-order chi connectivity index (χ0) is 14.4. The number of nitrogens with one attached hydrogen (secondary N) is 2. The molecule has 6 nitrogen and oxygen atoms in total. The van der Waals surface area contributed by atoms with Gasteiger partial charge in [0.1, 0.15) is 11.5 Å². The number of hydrogen-bond donors (Lipinski definition) is 3. The number of carbonyl (C=O) groups excluding carboxylic acids is 1. The second kappa shape index (κ2) is 6.31. The molecule has 0 aliphatic heterocycles. The van der Waals surface area contributed by atoms with Crippen LogP contribution in [-0.2, 0) is 0 Å². The van der Waals surface area contributed by atoms with E-state index in [-0.39, 0.29) is 17.7 Å². The van der Waals surface area contributed by atoms with Gasteiger partial charge in [-0.15, -0.1) is 0 Å². The molecular formula is C14H12N4O2. The number of anilines is 1. The number of aromatic amines is 1. The van der Waals surface area contributed by atoms with Crippen LogP contribution in [0.15, 0.2) is 41.3 Å². The maximum absolute atomic E-state index is 11.9. The number of pyridine rings is 2. The molecule has 2 aromatic heterocycles. The van der Waals surface area contributed by atoms with Gasteiger partial charge in [-0.2, -0.15) is 0 Å². The monoisotopic (exact) mass is 268 g/mol. The zero-order valence-electron chi connectivity index (χ0n) is 10.5. The molecule has 0 spiro atoms. The first-order valence-corrected chi connectivity index (χ1v) is 5.85. The Bertz CT molecular complexity index is 740. The van der Waals surface area contributed by atoms with Crippen LogP contribution in [0.25, 0.3) is 0 Å². The normalized spacial score (nSPS) is 9.45. The van der Waals surface area contributed by atoms with Crippen LogP contribution in [-0.4, -0.2) is 22.4 Å². The fourth-order valence-corrected chi connectivity index (χ4v) is 1.49. The van der Waals surface area contributed by atoms with Crippen molar-refractivity contribution >= 4 is 11.7 Å². The summed E-state index contributed by atoms with van der Waals surface area (Å²) in [6.45, 7) is 0.241. The Kier molecular flexibility index (Phi) is 4.27. The molecule has 0 bridgehead atoms. The van der Waals surface area contributed by atoms with Crippen molar-refractivity contribution in [1.82, 2.24) is 9.97 Å². The third-order valence-corrected chi connectivity index (χ3v) is 2.35. The quantitative estimate of drug-likeness (QED) is 0.683. The maximum atomic E-state index is 11.9. The summed E-state index contributed by atoms with van der Waals surface area (Å²) < 4.78 is 0. The van der Waals surface area contributed by atoms with E-state index in [0.29, 0.717) is 11.5 Å². The molecule has 0 atom stereocenters. The molecule has 2 heterocycles. The first-order valence-electron chi connectivity index (χ1n) is 5.85. The van der Waals surface area contributed by atoms with Gasteiger partial charge in [-0.05, 0) is 24.1 Å². The largest absolute Gasteiger partial charge is 0.329 e. The van der Waals surface area contributed by atoms with Crippen LogP contribution in [0.3, 0.4) is 0 Å². The molecule has 1 amide bonds. The number of carbonyl (C=O) groups is 1. The van der Waals surface area contributed by atoms with Crippen LogP contribution in [0.2, 0.25) is 0 Å². The standard InChI is InChI=1S/C14H12N4O2/c15-7-2-4-11-3-1-5-12(17-11)18-14(20)10-6-8-16-13(19)9-10/h1,3,5-6,8-9H,7,15H2,(H,16,19)(H,17,18,20). The molecule has 0 aliphatic carbocycles. The first-order chi connectivity index (χ1) is 9.69. The number of nitrogens with two attached hydrogens (primary N) is 1. The number of rotatable bonds is 2. The molecule has 0 aromatic carbocycles. The van der Waals surface area contributed by atoms with Gasteiger partial charge < -0.3 is 16.0 Å². The molecule has 0 fully saturated rings. The van der Waals surface area contributed by atoms with E-state index in [1.807, 2.05) is 0 Å². The Morgan fingerprint density at radius 1 is 1.40 bits per heavy atom. The minimum atomic E-state index is -0.410. The Hall–Kier alpha value is -2.91. The average molecular weight is 268 g/mol. The summed E-state index contributed by atoms with van der Waals surface area (Å²) in [6.07, 6.45) is 1.41. The van der Waals surface area contributed by atoms with Crippen LogP contribution >= 0.6 is 0 Å². The molecule has 20 heavy (non-hydrogen) atoms. The van der Waals surface area contributed by atoms with Crippen LogP contribution in [0.1, 0.15) is 16.1 Å². The summed E-state index contributed by atoms with van der Waals surface area (Å²) in [6, 6.07) is 7.80. The molecule has 6 heteroatoms. The predicted molar refractivity (Wildman–Crippen MR) is 75.2 cm³/mol. The van der Waals surface area contributed by atoms with E-state index in [4.69, 9.17) is 5.73 Å². The molecule has 0 saturated carbocycles. The molecular weight excluding hydrogens is 256 g/mol. The third-order valence-electron chi connectivity index (χ3n) is 2.35. The molecule has 4 N–H and O–H groups in total. The number of H-pyrrole nitrogens is 1. The van der Waals surface area contributed by atoms with Crippen molar-refractivity contribution in [2.75, 3.05) is 11.9 Å². The van der Waals surface area contributed by atoms with E-state index >= 15 is 0 Å². The van der Waals surface area contributed by atoms with Crippen molar-refractivity contribution in [2.45, 2.75) is 0 Å². The molecule has 0 radical (unpaired) electrons. The summed E-state index contributed by atoms with van der Waals surface area (Å²) in [7, 11) is 0. The van der Waals surface area contributed by atoms with Gasteiger partial charge in [0.05, 0.1) is 6.54 Å². The lowest BCUT2D eigenvalue weighted by Gasteiger charge is -2.04. The molecule has 0 aliphatic rings. The molecule has 0 unspecified atom stereocenters. The molecule has 0 saturated heterocycles. The second-order valence-corrected chi connectivity index (χ2v) is 3.81. The lowest BCUT2D eigenvalue weighted by Crippen LogP contribution is -2.16. The van der Waals surface area contributed by atoms with E-state index in [1.54, 1.807) is 18.2 Å². The molecule has 2 aromatic rings. The zero-order valence-corrected chi connectivity index (χ0v) is 10.5. The Morgan fingerprint density at radius 2 is 2.25 bits per heavy atom. The van der Waals surface area contributed by atoms with Gasteiger partial charge >= 0.3 is 0 Å². The fraction of sp³-hybridized carbons (Fsp3) is 0.0714. The Morgan fingerprint density at radius 3 is 3.00 bits per heavy atom. The van der Waals surface area contributed by atoms with Gasteiger partial charge in [0, 0.05) is 17.8 Å². The summed E-state index contributed by atoms with van der Waals surface area (Å²) in [5.41, 5.74) is 5.71. The van der Waals surface area contributed by atoms with Crippen molar-refractivity contribution in [1.29, 1.82) is 0 Å². The van der Waals surface area contributed by atoms with Crippen LogP contribution in [0, 0.1) is 11.8 Å². The topological polar surface area (TPSA) is 101 Å². The van der Waals surface area contributed by atoms with Gasteiger partial charge in [0.25, 0.3) is 5.91 Å². The highest BCUT2D eigenvalue weighted by molar-refractivity contribution is 6.03. The minimum absolute atomic E-state index is 0.241. The van der Waals surface area contributed by atoms with Gasteiger partial charge in [0.15, 0.2) is 0 Å². The van der Waals surface area contributed by atoms with Gasteiger partial charge in [-0.3, -0.25) is 9.59 Å². The molecule has 100 valence electrons. The van der Waals surface area contributed by atoms with E-state index in [1.165, 1.54) is 18.3 Å². The number of nitrogens with zero attached hydrogens (tertiary/aromatic N) is 1. The van der Waals surface area contributed by atoms with E-state index in [9.17, 15) is 9.59 Å². The summed E-state index contributed by atoms with van der Waals surface area (Å²) in [5, 5.41) is 2.60. The van der Waals surface area contributed by atoms with Gasteiger partial charge in [0.2, 0.25) is 5.56 Å². The lowest BCUT2D eigenvalue weighted by molar-refractivity contribution is 0.102. The summed E-state index contributed by atoms with van der Waals surface area (Å²) in [4.78, 5) is 29.7. The van der Waals surface area contributed by atoms with Crippen molar-refractivity contribution < 1.29 is 4.79 Å². The van der Waals surface area contributed by atoms with Gasteiger partial charge in [-0.1, -0.05) is 12.0 Å². The van der Waals surface area contributed by atoms with Crippen LogP contribution < -0.4 is 16.6 Å². The minimum Gasteiger partial charge on any atom is -0.329 e. The van der Waals surface area contributed by atoms with Crippen molar-refractivity contribution in [3.8, 4) is 11.8 Å². The number of aromatic nitrogens is 2. The summed E-state index contributed by atoms with van der Waals surface area (Å²) in [5.74, 6) is 5.41. The maximum Gasteiger partial charge on any atom is 0.257 e. The highest BCUT2D eigenvalue weighted by Crippen LogP contribution is 2.06. The Balaban J connectivity index is 2.17. The lowest BCUT2D eigenvalue weighted by atomic mass is 10.2. The van der Waals surface area contributed by atoms with E-state index in [2.05, 4.69) is 27.1 Å². The highest BCUT2D eigenvalue weighted by atomic mass is 16.2. The third kappa shape index (κ3) is 3.54. The van der Waals surface area contributed by atoms with Crippen molar-refractivity contribution in [3.63, 3.8) is 0 Å². The highest BCUT2D eigenvalue weighted by Gasteiger charge is 2.07. The second-order valence-electron chi connectivity index (χ2n) is 3.81. The number of hydrogen-bond acceptors (Lipinski definition) is 4. The number of amides is 1. The van der Waals surface area contributed by atoms with Crippen LogP contribution in [0.5, 0.6) is 0 Å². The predicted octanol–water partition coefficient (Wildman–Crippen LogP) is 0.332. The Labute approximate surface area is 115 Å².